The largest absolute Gasteiger partial charge is 0.470 e. The van der Waals surface area contributed by atoms with Gasteiger partial charge in [-0.3, -0.25) is 4.79 Å². The van der Waals surface area contributed by atoms with E-state index in [9.17, 15) is 9.59 Å². The SMILES string of the molecule is CC/C=C/[C@H]1CCC(=O)[C@@H]1CC=C=CC([16O]C1CCCCO1)([16O]C1CCCCO1)C(C)(Oc1ccccc1)C(=O)OC. The second-order valence-electron chi connectivity index (χ2n) is 11.3. The molecule has 5 atom stereocenters. The Kier molecular flexibility index (Phi) is 12.0. The van der Waals surface area contributed by atoms with Gasteiger partial charge in [0, 0.05) is 31.6 Å². The summed E-state index contributed by atoms with van der Waals surface area (Å²) in [7, 11) is 1.31. The number of carbonyl (C=O) groups excluding carboxylic acids is 2. The van der Waals surface area contributed by atoms with Crippen LogP contribution in [0, 0.1) is 11.8 Å². The average Bonchev–Trinajstić information content (AvgIpc) is 3.37. The highest BCUT2D eigenvalue weighted by Gasteiger charge is 2.61. The summed E-state index contributed by atoms with van der Waals surface area (Å²) < 4.78 is 37.0. The van der Waals surface area contributed by atoms with Crippen molar-refractivity contribution in [3.8, 4) is 5.75 Å². The number of carbonyl (C=O) groups is 2. The summed E-state index contributed by atoms with van der Waals surface area (Å²) in [5.74, 6) is -1.72. The van der Waals surface area contributed by atoms with Gasteiger partial charge in [0.05, 0.1) is 7.11 Å². The zero-order valence-corrected chi connectivity index (χ0v) is 25.3. The molecule has 2 aliphatic heterocycles. The van der Waals surface area contributed by atoms with Crippen LogP contribution in [0.25, 0.3) is 0 Å². The van der Waals surface area contributed by atoms with Crippen LogP contribution in [0.3, 0.4) is 0 Å². The molecule has 8 nitrogen and oxygen atoms in total. The number of methoxy groups -OCH3 is 1. The maximum Gasteiger partial charge on any atom is 0.356 e. The van der Waals surface area contributed by atoms with Crippen molar-refractivity contribution in [3.63, 3.8) is 0 Å². The second kappa shape index (κ2) is 15.6. The van der Waals surface area contributed by atoms with E-state index in [4.69, 9.17) is 28.4 Å². The van der Waals surface area contributed by atoms with E-state index in [0.717, 1.165) is 38.5 Å². The molecule has 0 bridgehead atoms. The molecule has 4 rings (SSSR count). The molecule has 0 N–H and O–H groups in total. The third-order valence-corrected chi connectivity index (χ3v) is 8.23. The molecule has 230 valence electrons. The number of ketones is 1. The fourth-order valence-electron chi connectivity index (χ4n) is 5.78. The fourth-order valence-corrected chi connectivity index (χ4v) is 5.78. The van der Waals surface area contributed by atoms with Crippen molar-refractivity contribution < 1.29 is 38.0 Å². The number of hydrogen-bond acceptors (Lipinski definition) is 8. The standard InChI is InChI=1S/C34H46O8/c1-4-5-15-26-21-22-29(35)28(26)18-9-12-23-34(41-30-19-10-13-24-38-30,42-31-20-11-14-25-39-31)33(2,32(36)37-3)40-27-16-7-6-8-17-27/h5-9,15-17,23,26,28,30-31H,4,10-11,13-14,18-22,24-25H2,1-3H3/b15-5+/t12?,26-,28+,30?,31?,33?,34?/m0/s1/i41+0,42+0. The van der Waals surface area contributed by atoms with Crippen LogP contribution in [-0.4, -0.2) is 56.0 Å². The molecule has 3 aliphatic rings. The van der Waals surface area contributed by atoms with Crippen molar-refractivity contribution in [2.24, 2.45) is 11.8 Å². The summed E-state index contributed by atoms with van der Waals surface area (Å²) in [6.45, 7) is 4.75. The third-order valence-electron chi connectivity index (χ3n) is 8.23. The minimum Gasteiger partial charge on any atom is -0.470 e. The maximum absolute atomic E-state index is 13.7. The van der Waals surface area contributed by atoms with E-state index in [1.54, 1.807) is 25.1 Å². The van der Waals surface area contributed by atoms with E-state index in [2.05, 4.69) is 24.8 Å². The lowest BCUT2D eigenvalue weighted by molar-refractivity contribution is -0.375. The van der Waals surface area contributed by atoms with Crippen molar-refractivity contribution >= 4 is 11.8 Å². The van der Waals surface area contributed by atoms with Crippen LogP contribution in [-0.2, 0) is 33.3 Å². The number of Topliss-reactive ketones (excluding diaryl/α,β-unsaturated/α-hetero) is 1. The molecule has 0 radical (unpaired) electrons. The number of benzene rings is 1. The van der Waals surface area contributed by atoms with Gasteiger partial charge in [-0.2, -0.15) is 0 Å². The average molecular weight is 583 g/mol. The Morgan fingerprint density at radius 3 is 2.26 bits per heavy atom. The zero-order valence-electron chi connectivity index (χ0n) is 25.3. The van der Waals surface area contributed by atoms with Crippen LogP contribution in [0.15, 0.2) is 60.4 Å². The Bertz CT molecular complexity index is 1080. The predicted molar refractivity (Wildman–Crippen MR) is 157 cm³/mol. The van der Waals surface area contributed by atoms with Crippen molar-refractivity contribution in [1.82, 2.24) is 0 Å². The van der Waals surface area contributed by atoms with Gasteiger partial charge in [-0.25, -0.2) is 4.79 Å². The molecule has 0 spiro atoms. The van der Waals surface area contributed by atoms with E-state index in [0.29, 0.717) is 44.6 Å². The minimum atomic E-state index is -1.84. The molecule has 42 heavy (non-hydrogen) atoms. The first-order chi connectivity index (χ1) is 20.4. The molecule has 0 aromatic heterocycles. The molecule has 2 saturated heterocycles. The number of hydrogen-bond donors (Lipinski definition) is 0. The molecule has 0 amide bonds. The van der Waals surface area contributed by atoms with Gasteiger partial charge in [0.2, 0.25) is 0 Å². The highest BCUT2D eigenvalue weighted by atomic mass is 16.8. The Morgan fingerprint density at radius 1 is 1.02 bits per heavy atom. The second-order valence-corrected chi connectivity index (χ2v) is 11.3. The molecule has 1 aromatic rings. The lowest BCUT2D eigenvalue weighted by Crippen LogP contribution is -2.65. The molecular formula is C34H46O8. The number of esters is 1. The molecule has 1 aliphatic carbocycles. The number of allylic oxidation sites excluding steroid dienone is 2. The summed E-state index contributed by atoms with van der Waals surface area (Å²) in [6, 6.07) is 9.03. The van der Waals surface area contributed by atoms with Crippen LogP contribution in [0.5, 0.6) is 5.75 Å². The maximum atomic E-state index is 13.7. The van der Waals surface area contributed by atoms with Crippen LogP contribution in [0.1, 0.15) is 78.1 Å². The minimum absolute atomic E-state index is 0.110. The van der Waals surface area contributed by atoms with Crippen LogP contribution in [0.2, 0.25) is 0 Å². The molecule has 3 unspecified atom stereocenters. The Morgan fingerprint density at radius 2 is 1.69 bits per heavy atom. The van der Waals surface area contributed by atoms with Gasteiger partial charge in [-0.15, -0.1) is 5.73 Å². The number of para-hydroxylation sites is 1. The van der Waals surface area contributed by atoms with Crippen molar-refractivity contribution in [2.45, 2.75) is 102 Å². The van der Waals surface area contributed by atoms with E-state index >= 15 is 0 Å². The molecule has 3 fully saturated rings. The Labute approximate surface area is 250 Å². The fraction of sp³-hybridized carbons (Fsp3) is 0.618. The lowest BCUT2D eigenvalue weighted by Gasteiger charge is -2.46. The highest BCUT2D eigenvalue weighted by Crippen LogP contribution is 2.40. The van der Waals surface area contributed by atoms with Gasteiger partial charge >= 0.3 is 5.97 Å². The van der Waals surface area contributed by atoms with Gasteiger partial charge in [-0.1, -0.05) is 37.3 Å². The van der Waals surface area contributed by atoms with Crippen molar-refractivity contribution in [3.05, 3.63) is 60.4 Å². The van der Waals surface area contributed by atoms with E-state index < -0.39 is 29.9 Å². The monoisotopic (exact) mass is 582 g/mol. The highest BCUT2D eigenvalue weighted by molar-refractivity contribution is 5.84. The van der Waals surface area contributed by atoms with E-state index in [1.807, 2.05) is 24.3 Å². The van der Waals surface area contributed by atoms with Crippen LogP contribution >= 0.6 is 0 Å². The summed E-state index contributed by atoms with van der Waals surface area (Å²) in [5.41, 5.74) is 1.41. The number of rotatable bonds is 13. The van der Waals surface area contributed by atoms with Gasteiger partial charge in [0.15, 0.2) is 12.6 Å². The molecule has 1 saturated carbocycles. The van der Waals surface area contributed by atoms with Crippen molar-refractivity contribution in [1.29, 1.82) is 0 Å². The predicted octanol–water partition coefficient (Wildman–Crippen LogP) is 6.44. The Hall–Kier alpha value is -2.74. The molecule has 2 heterocycles. The third kappa shape index (κ3) is 8.00. The van der Waals surface area contributed by atoms with Gasteiger partial charge < -0.3 is 28.4 Å². The van der Waals surface area contributed by atoms with Gasteiger partial charge in [-0.05, 0) is 88.8 Å². The summed E-state index contributed by atoms with van der Waals surface area (Å²) >= 11 is 0. The normalized spacial score (nSPS) is 27.5. The molecule has 8 heteroatoms. The topological polar surface area (TPSA) is 89.5 Å². The quantitative estimate of drug-likeness (QED) is 0.114. The summed E-state index contributed by atoms with van der Waals surface area (Å²) in [5, 5.41) is 0. The van der Waals surface area contributed by atoms with Gasteiger partial charge in [0.1, 0.15) is 11.5 Å². The lowest BCUT2D eigenvalue weighted by atomic mass is 9.91. The Balaban J connectivity index is 1.76. The first-order valence-electron chi connectivity index (χ1n) is 15.4. The smallest absolute Gasteiger partial charge is 0.356 e. The van der Waals surface area contributed by atoms with E-state index in [1.165, 1.54) is 7.11 Å². The van der Waals surface area contributed by atoms with Crippen LogP contribution < -0.4 is 4.74 Å². The van der Waals surface area contributed by atoms with E-state index in [-0.39, 0.29) is 17.6 Å². The number of ether oxygens (including phenoxy) is 6. The molecular weight excluding hydrogens is 536 g/mol. The first-order valence-corrected chi connectivity index (χ1v) is 15.4. The zero-order chi connectivity index (χ0) is 29.8. The summed E-state index contributed by atoms with van der Waals surface area (Å²) in [4.78, 5) is 26.4. The summed E-state index contributed by atoms with van der Waals surface area (Å²) in [6.07, 6.45) is 14.2. The van der Waals surface area contributed by atoms with Crippen LogP contribution in [0.4, 0.5) is 0 Å². The first kappa shape index (κ1) is 32.2. The van der Waals surface area contributed by atoms with Crippen molar-refractivity contribution in [2.75, 3.05) is 20.3 Å². The molecule has 1 aromatic carbocycles. The van der Waals surface area contributed by atoms with Gasteiger partial charge in [0.25, 0.3) is 11.4 Å².